The van der Waals surface area contributed by atoms with E-state index in [0.717, 1.165) is 12.3 Å². The fourth-order valence-electron chi connectivity index (χ4n) is 1.48. The van der Waals surface area contributed by atoms with Crippen LogP contribution in [-0.2, 0) is 6.61 Å². The van der Waals surface area contributed by atoms with E-state index in [1.165, 1.54) is 18.5 Å². The Kier molecular flexibility index (Phi) is 3.86. The summed E-state index contributed by atoms with van der Waals surface area (Å²) < 4.78 is 18.7. The summed E-state index contributed by atoms with van der Waals surface area (Å²) in [6, 6.07) is 5.53. The van der Waals surface area contributed by atoms with E-state index in [0.29, 0.717) is 0 Å². The number of carbonyl (C=O) groups is 1. The standard InChI is InChI=1S/C13H8FN3O3/c14-10-3-8(4-15)1-2-12(10)20-6-11-9(13(18)19)5-16-7-17-11/h1-3,5,7H,6H2,(H,18,19). The van der Waals surface area contributed by atoms with E-state index in [9.17, 15) is 9.18 Å². The number of nitrogens with zero attached hydrogens (tertiary/aromatic N) is 3. The second-order valence-corrected chi connectivity index (χ2v) is 3.73. The van der Waals surface area contributed by atoms with Crippen LogP contribution in [0.2, 0.25) is 0 Å². The molecule has 1 N–H and O–H groups in total. The highest BCUT2D eigenvalue weighted by molar-refractivity contribution is 5.88. The van der Waals surface area contributed by atoms with Gasteiger partial charge in [0.05, 0.1) is 17.3 Å². The minimum Gasteiger partial charge on any atom is -0.484 e. The van der Waals surface area contributed by atoms with Crippen molar-refractivity contribution in [3.8, 4) is 11.8 Å². The average Bonchev–Trinajstić information content (AvgIpc) is 2.46. The predicted molar refractivity (Wildman–Crippen MR) is 64.4 cm³/mol. The Morgan fingerprint density at radius 2 is 2.30 bits per heavy atom. The quantitative estimate of drug-likeness (QED) is 0.911. The summed E-state index contributed by atoms with van der Waals surface area (Å²) in [6.07, 6.45) is 2.32. The van der Waals surface area contributed by atoms with Gasteiger partial charge in [0.2, 0.25) is 0 Å². The van der Waals surface area contributed by atoms with Gasteiger partial charge < -0.3 is 9.84 Å². The number of rotatable bonds is 4. The normalized spacial score (nSPS) is 9.80. The average molecular weight is 273 g/mol. The molecule has 0 saturated heterocycles. The Hall–Kier alpha value is -3.01. The highest BCUT2D eigenvalue weighted by Gasteiger charge is 2.13. The van der Waals surface area contributed by atoms with Crippen molar-refractivity contribution in [3.05, 3.63) is 53.4 Å². The molecule has 0 fully saturated rings. The van der Waals surface area contributed by atoms with Crippen molar-refractivity contribution < 1.29 is 19.0 Å². The van der Waals surface area contributed by atoms with Crippen LogP contribution in [0.15, 0.2) is 30.7 Å². The van der Waals surface area contributed by atoms with Gasteiger partial charge in [-0.15, -0.1) is 0 Å². The predicted octanol–water partition coefficient (Wildman–Crippen LogP) is 1.76. The molecule has 0 aliphatic rings. The van der Waals surface area contributed by atoms with E-state index in [4.69, 9.17) is 15.1 Å². The second-order valence-electron chi connectivity index (χ2n) is 3.73. The largest absolute Gasteiger partial charge is 0.484 e. The van der Waals surface area contributed by atoms with Crippen molar-refractivity contribution in [3.63, 3.8) is 0 Å². The molecule has 0 aliphatic heterocycles. The van der Waals surface area contributed by atoms with Crippen LogP contribution in [0.3, 0.4) is 0 Å². The lowest BCUT2D eigenvalue weighted by molar-refractivity contribution is 0.0692. The third-order valence-corrected chi connectivity index (χ3v) is 2.45. The first-order valence-electron chi connectivity index (χ1n) is 5.46. The Balaban J connectivity index is 2.18. The molecule has 1 heterocycles. The first-order chi connectivity index (χ1) is 9.61. The number of carboxylic acids is 1. The molecule has 2 rings (SSSR count). The minimum atomic E-state index is -1.19. The minimum absolute atomic E-state index is 0.0843. The molecule has 0 radical (unpaired) electrons. The Morgan fingerprint density at radius 3 is 2.95 bits per heavy atom. The lowest BCUT2D eigenvalue weighted by atomic mass is 10.2. The molecular weight excluding hydrogens is 265 g/mol. The van der Waals surface area contributed by atoms with Crippen LogP contribution in [0.25, 0.3) is 0 Å². The van der Waals surface area contributed by atoms with Crippen molar-refractivity contribution in [2.45, 2.75) is 6.61 Å². The van der Waals surface area contributed by atoms with Gasteiger partial charge in [-0.1, -0.05) is 0 Å². The lowest BCUT2D eigenvalue weighted by Gasteiger charge is -2.08. The van der Waals surface area contributed by atoms with Crippen LogP contribution < -0.4 is 4.74 Å². The van der Waals surface area contributed by atoms with E-state index in [-0.39, 0.29) is 29.2 Å². The molecule has 0 aliphatic carbocycles. The van der Waals surface area contributed by atoms with Gasteiger partial charge in [-0.3, -0.25) is 0 Å². The van der Waals surface area contributed by atoms with Crippen molar-refractivity contribution in [2.75, 3.05) is 0 Å². The Morgan fingerprint density at radius 1 is 1.50 bits per heavy atom. The van der Waals surface area contributed by atoms with Gasteiger partial charge in [-0.25, -0.2) is 19.2 Å². The highest BCUT2D eigenvalue weighted by Crippen LogP contribution is 2.19. The van der Waals surface area contributed by atoms with Gasteiger partial charge >= 0.3 is 5.97 Å². The van der Waals surface area contributed by atoms with E-state index >= 15 is 0 Å². The molecule has 1 aromatic heterocycles. The summed E-state index contributed by atoms with van der Waals surface area (Å²) in [7, 11) is 0. The molecular formula is C13H8FN3O3. The molecule has 0 bridgehead atoms. The monoisotopic (exact) mass is 273 g/mol. The van der Waals surface area contributed by atoms with Gasteiger partial charge in [-0.2, -0.15) is 5.26 Å². The molecule has 100 valence electrons. The zero-order valence-corrected chi connectivity index (χ0v) is 10.1. The molecule has 1 aromatic carbocycles. The summed E-state index contributed by atoms with van der Waals surface area (Å²) in [6.45, 7) is -0.215. The third kappa shape index (κ3) is 2.87. The van der Waals surface area contributed by atoms with E-state index in [1.807, 2.05) is 0 Å². The Labute approximate surface area is 113 Å². The van der Waals surface area contributed by atoms with Crippen LogP contribution in [0.1, 0.15) is 21.6 Å². The molecule has 0 amide bonds. The number of ether oxygens (including phenoxy) is 1. The molecule has 0 saturated carbocycles. The maximum atomic E-state index is 13.6. The highest BCUT2D eigenvalue weighted by atomic mass is 19.1. The fraction of sp³-hybridized carbons (Fsp3) is 0.0769. The van der Waals surface area contributed by atoms with Crippen LogP contribution in [0.5, 0.6) is 5.75 Å². The summed E-state index contributed by atoms with van der Waals surface area (Å²) in [4.78, 5) is 18.3. The zero-order valence-electron chi connectivity index (χ0n) is 10.1. The first-order valence-corrected chi connectivity index (χ1v) is 5.46. The fourth-order valence-corrected chi connectivity index (χ4v) is 1.48. The summed E-state index contributed by atoms with van der Waals surface area (Å²) in [5.41, 5.74) is 0.195. The molecule has 0 spiro atoms. The number of nitriles is 1. The van der Waals surface area contributed by atoms with Crippen molar-refractivity contribution in [1.82, 2.24) is 9.97 Å². The van der Waals surface area contributed by atoms with Crippen LogP contribution in [-0.4, -0.2) is 21.0 Å². The maximum absolute atomic E-state index is 13.6. The molecule has 0 atom stereocenters. The number of aromatic carboxylic acids is 1. The number of benzene rings is 1. The molecule has 7 heteroatoms. The number of aromatic nitrogens is 2. The zero-order chi connectivity index (χ0) is 14.5. The number of hydrogen-bond acceptors (Lipinski definition) is 5. The van der Waals surface area contributed by atoms with Gasteiger partial charge in [-0.05, 0) is 18.2 Å². The number of halogens is 1. The van der Waals surface area contributed by atoms with Crippen molar-refractivity contribution >= 4 is 5.97 Å². The van der Waals surface area contributed by atoms with E-state index in [2.05, 4.69) is 9.97 Å². The molecule has 6 nitrogen and oxygen atoms in total. The van der Waals surface area contributed by atoms with Gasteiger partial charge in [0.15, 0.2) is 11.6 Å². The maximum Gasteiger partial charge on any atom is 0.339 e. The summed E-state index contributed by atoms with van der Waals surface area (Å²) >= 11 is 0. The van der Waals surface area contributed by atoms with Gasteiger partial charge in [0.25, 0.3) is 0 Å². The van der Waals surface area contributed by atoms with E-state index < -0.39 is 11.8 Å². The van der Waals surface area contributed by atoms with Crippen molar-refractivity contribution in [2.24, 2.45) is 0 Å². The first kappa shape index (κ1) is 13.4. The van der Waals surface area contributed by atoms with Crippen molar-refractivity contribution in [1.29, 1.82) is 5.26 Å². The van der Waals surface area contributed by atoms with Crippen LogP contribution in [0, 0.1) is 17.1 Å². The number of hydrogen-bond donors (Lipinski definition) is 1. The smallest absolute Gasteiger partial charge is 0.339 e. The second kappa shape index (κ2) is 5.75. The number of carboxylic acid groups (broad SMARTS) is 1. The molecule has 20 heavy (non-hydrogen) atoms. The molecule has 2 aromatic rings. The summed E-state index contributed by atoms with van der Waals surface area (Å²) in [5, 5.41) is 17.6. The SMILES string of the molecule is N#Cc1ccc(OCc2ncncc2C(=O)O)c(F)c1. The third-order valence-electron chi connectivity index (χ3n) is 2.45. The van der Waals surface area contributed by atoms with Gasteiger partial charge in [0, 0.05) is 6.20 Å². The Bertz CT molecular complexity index is 698. The molecule has 0 unspecified atom stereocenters. The topological polar surface area (TPSA) is 96.1 Å². The lowest BCUT2D eigenvalue weighted by Crippen LogP contribution is -2.09. The van der Waals surface area contributed by atoms with E-state index in [1.54, 1.807) is 6.07 Å². The van der Waals surface area contributed by atoms with Crippen LogP contribution in [0.4, 0.5) is 4.39 Å². The van der Waals surface area contributed by atoms with Gasteiger partial charge in [0.1, 0.15) is 18.5 Å². The van der Waals surface area contributed by atoms with Crippen LogP contribution >= 0.6 is 0 Å². The summed E-state index contributed by atoms with van der Waals surface area (Å²) in [5.74, 6) is -1.97.